The summed E-state index contributed by atoms with van der Waals surface area (Å²) in [4.78, 5) is 23.3. The molecule has 0 radical (unpaired) electrons. The van der Waals surface area contributed by atoms with Crippen molar-refractivity contribution in [1.29, 1.82) is 0 Å². The van der Waals surface area contributed by atoms with Crippen molar-refractivity contribution in [2.45, 2.75) is 0 Å². The van der Waals surface area contributed by atoms with Crippen LogP contribution in [0.15, 0.2) is 30.3 Å². The molecule has 0 fully saturated rings. The van der Waals surface area contributed by atoms with Crippen molar-refractivity contribution in [3.63, 3.8) is 0 Å². The molecule has 4 nitrogen and oxygen atoms in total. The molecular formula is C13H9F2NO3S. The zero-order valence-electron chi connectivity index (χ0n) is 10.3. The highest BCUT2D eigenvalue weighted by molar-refractivity contribution is 7.18. The van der Waals surface area contributed by atoms with Crippen molar-refractivity contribution in [1.82, 2.24) is 0 Å². The van der Waals surface area contributed by atoms with Crippen LogP contribution >= 0.6 is 11.3 Å². The van der Waals surface area contributed by atoms with Gasteiger partial charge in [-0.2, -0.15) is 0 Å². The predicted molar refractivity (Wildman–Crippen MR) is 70.0 cm³/mol. The summed E-state index contributed by atoms with van der Waals surface area (Å²) in [5.74, 6) is -3.37. The van der Waals surface area contributed by atoms with Crippen LogP contribution in [0, 0.1) is 11.6 Å². The maximum atomic E-state index is 13.4. The lowest BCUT2D eigenvalue weighted by Gasteiger charge is -2.04. The van der Waals surface area contributed by atoms with E-state index < -0.39 is 29.1 Å². The Morgan fingerprint density at radius 1 is 1.15 bits per heavy atom. The van der Waals surface area contributed by atoms with Gasteiger partial charge in [-0.15, -0.1) is 11.3 Å². The van der Waals surface area contributed by atoms with E-state index in [1.165, 1.54) is 25.3 Å². The van der Waals surface area contributed by atoms with E-state index in [0.29, 0.717) is 0 Å². The number of rotatable bonds is 3. The van der Waals surface area contributed by atoms with Crippen LogP contribution in [0.25, 0.3) is 0 Å². The fraction of sp³-hybridized carbons (Fsp3) is 0.0769. The molecular weight excluding hydrogens is 288 g/mol. The van der Waals surface area contributed by atoms with E-state index in [1.54, 1.807) is 0 Å². The van der Waals surface area contributed by atoms with E-state index in [2.05, 4.69) is 10.1 Å². The van der Waals surface area contributed by atoms with Crippen LogP contribution in [0.4, 0.5) is 13.8 Å². The maximum absolute atomic E-state index is 13.4. The standard InChI is InChI=1S/C13H9F2NO3S/c1-19-13(18)9-5-6-10(20-9)16-12(17)11-7(14)3-2-4-8(11)15/h2-6H,1H3,(H,16,17). The van der Waals surface area contributed by atoms with Crippen LogP contribution in [0.5, 0.6) is 0 Å². The number of amides is 1. The zero-order chi connectivity index (χ0) is 14.7. The first-order valence-electron chi connectivity index (χ1n) is 5.46. The third-order valence-corrected chi connectivity index (χ3v) is 3.40. The van der Waals surface area contributed by atoms with Crippen molar-refractivity contribution in [2.24, 2.45) is 0 Å². The molecule has 0 atom stereocenters. The quantitative estimate of drug-likeness (QED) is 0.886. The first-order chi connectivity index (χ1) is 9.52. The Hall–Kier alpha value is -2.28. The Kier molecular flexibility index (Phi) is 4.09. The lowest BCUT2D eigenvalue weighted by Crippen LogP contribution is -2.15. The molecule has 1 aromatic carbocycles. The Bertz CT molecular complexity index is 649. The second kappa shape index (κ2) is 5.79. The van der Waals surface area contributed by atoms with Crippen molar-refractivity contribution in [3.05, 3.63) is 52.4 Å². The maximum Gasteiger partial charge on any atom is 0.348 e. The molecule has 0 unspecified atom stereocenters. The molecule has 20 heavy (non-hydrogen) atoms. The van der Waals surface area contributed by atoms with Gasteiger partial charge in [0, 0.05) is 0 Å². The van der Waals surface area contributed by atoms with Crippen molar-refractivity contribution in [3.8, 4) is 0 Å². The molecule has 0 aliphatic rings. The fourth-order valence-electron chi connectivity index (χ4n) is 1.50. The SMILES string of the molecule is COC(=O)c1ccc(NC(=O)c2c(F)cccc2F)s1. The average Bonchev–Trinajstić information content (AvgIpc) is 2.86. The molecule has 0 spiro atoms. The van der Waals surface area contributed by atoms with Gasteiger partial charge in [0.1, 0.15) is 22.1 Å². The van der Waals surface area contributed by atoms with E-state index in [1.807, 2.05) is 0 Å². The predicted octanol–water partition coefficient (Wildman–Crippen LogP) is 3.07. The zero-order valence-corrected chi connectivity index (χ0v) is 11.1. The summed E-state index contributed by atoms with van der Waals surface area (Å²) in [6.45, 7) is 0. The first kappa shape index (κ1) is 14.1. The lowest BCUT2D eigenvalue weighted by atomic mass is 10.2. The number of methoxy groups -OCH3 is 1. The largest absolute Gasteiger partial charge is 0.465 e. The molecule has 1 N–H and O–H groups in total. The number of hydrogen-bond acceptors (Lipinski definition) is 4. The Labute approximate surface area is 117 Å². The summed E-state index contributed by atoms with van der Waals surface area (Å²) in [7, 11) is 1.23. The van der Waals surface area contributed by atoms with Crippen molar-refractivity contribution < 1.29 is 23.1 Å². The van der Waals surface area contributed by atoms with Gasteiger partial charge in [0.2, 0.25) is 0 Å². The van der Waals surface area contributed by atoms with Crippen LogP contribution in [-0.4, -0.2) is 19.0 Å². The number of nitrogens with one attached hydrogen (secondary N) is 1. The van der Waals surface area contributed by atoms with E-state index in [9.17, 15) is 18.4 Å². The molecule has 7 heteroatoms. The molecule has 1 heterocycles. The highest BCUT2D eigenvalue weighted by Gasteiger charge is 2.18. The van der Waals surface area contributed by atoms with Gasteiger partial charge in [-0.1, -0.05) is 6.07 Å². The van der Waals surface area contributed by atoms with Gasteiger partial charge in [-0.3, -0.25) is 4.79 Å². The van der Waals surface area contributed by atoms with E-state index in [0.717, 1.165) is 23.5 Å². The van der Waals surface area contributed by atoms with Crippen LogP contribution < -0.4 is 5.32 Å². The molecule has 0 aliphatic heterocycles. The smallest absolute Gasteiger partial charge is 0.348 e. The molecule has 1 amide bonds. The van der Waals surface area contributed by atoms with Crippen LogP contribution in [0.3, 0.4) is 0 Å². The monoisotopic (exact) mass is 297 g/mol. The minimum absolute atomic E-state index is 0.275. The summed E-state index contributed by atoms with van der Waals surface area (Å²) >= 11 is 0.949. The molecule has 0 aliphatic carbocycles. The van der Waals surface area contributed by atoms with E-state index in [-0.39, 0.29) is 9.88 Å². The summed E-state index contributed by atoms with van der Waals surface area (Å²) < 4.78 is 31.4. The number of hydrogen-bond donors (Lipinski definition) is 1. The molecule has 2 aromatic rings. The number of carbonyl (C=O) groups is 2. The molecule has 1 aromatic heterocycles. The molecule has 104 valence electrons. The van der Waals surface area contributed by atoms with Gasteiger partial charge < -0.3 is 10.1 Å². The second-order valence-corrected chi connectivity index (χ2v) is 4.79. The molecule has 0 saturated heterocycles. The fourth-order valence-corrected chi connectivity index (χ4v) is 2.32. The number of carbonyl (C=O) groups excluding carboxylic acids is 2. The van der Waals surface area contributed by atoms with Crippen molar-refractivity contribution >= 4 is 28.2 Å². The number of thiophene rings is 1. The number of anilines is 1. The lowest BCUT2D eigenvalue weighted by molar-refractivity contribution is 0.0606. The summed E-state index contributed by atoms with van der Waals surface area (Å²) in [6, 6.07) is 6.05. The molecule has 0 saturated carbocycles. The Morgan fingerprint density at radius 3 is 2.40 bits per heavy atom. The van der Waals surface area contributed by atoms with E-state index in [4.69, 9.17) is 0 Å². The highest BCUT2D eigenvalue weighted by Crippen LogP contribution is 2.24. The number of halogens is 2. The van der Waals surface area contributed by atoms with Crippen molar-refractivity contribution in [2.75, 3.05) is 12.4 Å². The van der Waals surface area contributed by atoms with Crippen LogP contribution in [0.2, 0.25) is 0 Å². The Morgan fingerprint density at radius 2 is 1.80 bits per heavy atom. The summed E-state index contributed by atoms with van der Waals surface area (Å²) in [6.07, 6.45) is 0. The molecule has 0 bridgehead atoms. The van der Waals surface area contributed by atoms with Gasteiger partial charge in [0.15, 0.2) is 0 Å². The first-order valence-corrected chi connectivity index (χ1v) is 6.28. The second-order valence-electron chi connectivity index (χ2n) is 3.71. The minimum Gasteiger partial charge on any atom is -0.465 e. The average molecular weight is 297 g/mol. The topological polar surface area (TPSA) is 55.4 Å². The van der Waals surface area contributed by atoms with Crippen LogP contribution in [0.1, 0.15) is 20.0 Å². The van der Waals surface area contributed by atoms with Gasteiger partial charge in [-0.25, -0.2) is 13.6 Å². The van der Waals surface area contributed by atoms with Gasteiger partial charge in [0.25, 0.3) is 5.91 Å². The van der Waals surface area contributed by atoms with E-state index >= 15 is 0 Å². The third-order valence-electron chi connectivity index (χ3n) is 2.42. The van der Waals surface area contributed by atoms with Crippen LogP contribution in [-0.2, 0) is 4.74 Å². The highest BCUT2D eigenvalue weighted by atomic mass is 32.1. The normalized spacial score (nSPS) is 10.2. The summed E-state index contributed by atoms with van der Waals surface area (Å²) in [5, 5.41) is 2.62. The summed E-state index contributed by atoms with van der Waals surface area (Å²) in [5.41, 5.74) is -0.666. The van der Waals surface area contributed by atoms with Gasteiger partial charge in [-0.05, 0) is 24.3 Å². The minimum atomic E-state index is -0.952. The number of benzene rings is 1. The number of esters is 1. The number of ether oxygens (including phenoxy) is 1. The van der Waals surface area contributed by atoms with Gasteiger partial charge >= 0.3 is 5.97 Å². The molecule has 2 rings (SSSR count). The van der Waals surface area contributed by atoms with Gasteiger partial charge in [0.05, 0.1) is 12.1 Å². The Balaban J connectivity index is 2.20. The third kappa shape index (κ3) is 2.83.